The van der Waals surface area contributed by atoms with E-state index >= 15 is 0 Å². The van der Waals surface area contributed by atoms with Gasteiger partial charge in [-0.1, -0.05) is 29.9 Å². The van der Waals surface area contributed by atoms with Gasteiger partial charge in [-0.15, -0.1) is 0 Å². The van der Waals surface area contributed by atoms with Crippen LogP contribution in [0, 0.1) is 0 Å². The lowest BCUT2D eigenvalue weighted by Gasteiger charge is -2.06. The molecule has 0 radical (unpaired) electrons. The van der Waals surface area contributed by atoms with E-state index in [2.05, 4.69) is 4.99 Å². The van der Waals surface area contributed by atoms with E-state index in [1.807, 2.05) is 24.5 Å². The molecular formula is C14H17ClN2O2S. The van der Waals surface area contributed by atoms with Crippen LogP contribution in [0.3, 0.4) is 0 Å². The highest BCUT2D eigenvalue weighted by molar-refractivity contribution is 7.17. The highest BCUT2D eigenvalue weighted by atomic mass is 35.5. The van der Waals surface area contributed by atoms with E-state index in [9.17, 15) is 4.79 Å². The van der Waals surface area contributed by atoms with Crippen LogP contribution in [0.1, 0.15) is 26.7 Å². The zero-order valence-electron chi connectivity index (χ0n) is 11.8. The number of carbonyl (C=O) groups excluding carboxylic acids is 1. The fourth-order valence-corrected chi connectivity index (χ4v) is 3.44. The number of ether oxygens (including phenoxy) is 1. The number of halogens is 1. The third-order valence-electron chi connectivity index (χ3n) is 2.96. The monoisotopic (exact) mass is 312 g/mol. The summed E-state index contributed by atoms with van der Waals surface area (Å²) in [5, 5.41) is 0.650. The van der Waals surface area contributed by atoms with Crippen LogP contribution < -0.4 is 9.54 Å². The Morgan fingerprint density at radius 3 is 2.80 bits per heavy atom. The number of nitrogens with zero attached hydrogens (tertiary/aromatic N) is 2. The largest absolute Gasteiger partial charge is 0.495 e. The quantitative estimate of drug-likeness (QED) is 0.865. The standard InChI is InChI=1S/C14H17ClN2O2S/c1-4-6-11(18)16-14-17(5-2)12-10(19-3)8-7-9(15)13(12)20-14/h7-8H,4-6H2,1-3H3. The second-order valence-electron chi connectivity index (χ2n) is 4.31. The minimum absolute atomic E-state index is 0.101. The molecule has 108 valence electrons. The molecule has 1 amide bonds. The van der Waals surface area contributed by atoms with Gasteiger partial charge in [0.15, 0.2) is 4.80 Å². The molecule has 2 rings (SSSR count). The van der Waals surface area contributed by atoms with E-state index in [0.717, 1.165) is 22.4 Å². The zero-order valence-corrected chi connectivity index (χ0v) is 13.3. The van der Waals surface area contributed by atoms with Crippen molar-refractivity contribution in [3.8, 4) is 5.75 Å². The SMILES string of the molecule is CCCC(=O)N=c1sc2c(Cl)ccc(OC)c2n1CC. The molecule has 4 nitrogen and oxygen atoms in total. The summed E-state index contributed by atoms with van der Waals surface area (Å²) in [6.07, 6.45) is 1.26. The number of thiazole rings is 1. The van der Waals surface area contributed by atoms with Gasteiger partial charge in [0.05, 0.1) is 16.8 Å². The molecule has 0 N–H and O–H groups in total. The highest BCUT2D eigenvalue weighted by Crippen LogP contribution is 2.33. The van der Waals surface area contributed by atoms with Crippen LogP contribution in [0.2, 0.25) is 5.02 Å². The first-order valence-corrected chi connectivity index (χ1v) is 7.75. The number of rotatable bonds is 4. The van der Waals surface area contributed by atoms with Crippen molar-refractivity contribution in [1.82, 2.24) is 4.57 Å². The smallest absolute Gasteiger partial charge is 0.248 e. The Labute approximate surface area is 126 Å². The van der Waals surface area contributed by atoms with Crippen LogP contribution in [-0.4, -0.2) is 17.6 Å². The molecule has 0 spiro atoms. The summed E-state index contributed by atoms with van der Waals surface area (Å²) in [5.74, 6) is 0.642. The first-order chi connectivity index (χ1) is 9.62. The van der Waals surface area contributed by atoms with Gasteiger partial charge in [-0.2, -0.15) is 4.99 Å². The molecule has 20 heavy (non-hydrogen) atoms. The van der Waals surface area contributed by atoms with E-state index in [0.29, 0.717) is 22.8 Å². The molecule has 0 fully saturated rings. The first-order valence-electron chi connectivity index (χ1n) is 6.55. The normalized spacial score (nSPS) is 12.1. The number of hydrogen-bond donors (Lipinski definition) is 0. The number of benzene rings is 1. The number of hydrogen-bond acceptors (Lipinski definition) is 3. The van der Waals surface area contributed by atoms with Gasteiger partial charge in [0, 0.05) is 13.0 Å². The fraction of sp³-hybridized carbons (Fsp3) is 0.429. The predicted molar refractivity (Wildman–Crippen MR) is 82.5 cm³/mol. The summed E-state index contributed by atoms with van der Waals surface area (Å²) in [6, 6.07) is 3.64. The van der Waals surface area contributed by atoms with Gasteiger partial charge in [-0.25, -0.2) is 0 Å². The predicted octanol–water partition coefficient (Wildman–Crippen LogP) is 3.61. The molecule has 0 saturated carbocycles. The average Bonchev–Trinajstić information content (AvgIpc) is 2.78. The van der Waals surface area contributed by atoms with Gasteiger partial charge in [-0.05, 0) is 25.5 Å². The second kappa shape index (κ2) is 6.41. The summed E-state index contributed by atoms with van der Waals surface area (Å²) in [6.45, 7) is 4.68. The summed E-state index contributed by atoms with van der Waals surface area (Å²) in [5.41, 5.74) is 0.899. The minimum Gasteiger partial charge on any atom is -0.495 e. The topological polar surface area (TPSA) is 43.6 Å². The van der Waals surface area contributed by atoms with Crippen molar-refractivity contribution in [1.29, 1.82) is 0 Å². The average molecular weight is 313 g/mol. The van der Waals surface area contributed by atoms with E-state index in [1.54, 1.807) is 13.2 Å². The number of methoxy groups -OCH3 is 1. The lowest BCUT2D eigenvalue weighted by molar-refractivity contribution is -0.118. The van der Waals surface area contributed by atoms with Gasteiger partial charge < -0.3 is 9.30 Å². The molecule has 0 aliphatic carbocycles. The molecule has 0 aliphatic heterocycles. The molecule has 0 saturated heterocycles. The number of fused-ring (bicyclic) bond motifs is 1. The molecule has 1 aromatic heterocycles. The van der Waals surface area contributed by atoms with E-state index in [4.69, 9.17) is 16.3 Å². The molecular weight excluding hydrogens is 296 g/mol. The maximum absolute atomic E-state index is 11.8. The minimum atomic E-state index is -0.101. The van der Waals surface area contributed by atoms with Crippen LogP contribution in [0.5, 0.6) is 5.75 Å². The Kier molecular flexibility index (Phi) is 4.83. The Balaban J connectivity index is 2.74. The first kappa shape index (κ1) is 15.1. The lowest BCUT2D eigenvalue weighted by Crippen LogP contribution is -2.16. The number of carbonyl (C=O) groups is 1. The zero-order chi connectivity index (χ0) is 14.7. The number of aryl methyl sites for hydroxylation is 1. The Hall–Kier alpha value is -1.33. The molecule has 6 heteroatoms. The number of amides is 1. The van der Waals surface area contributed by atoms with Crippen molar-refractivity contribution < 1.29 is 9.53 Å². The highest BCUT2D eigenvalue weighted by Gasteiger charge is 2.14. The summed E-state index contributed by atoms with van der Waals surface area (Å²) in [4.78, 5) is 16.6. The van der Waals surface area contributed by atoms with Gasteiger partial charge >= 0.3 is 0 Å². The van der Waals surface area contributed by atoms with Crippen LogP contribution >= 0.6 is 22.9 Å². The van der Waals surface area contributed by atoms with Crippen molar-refractivity contribution >= 4 is 39.1 Å². The summed E-state index contributed by atoms with van der Waals surface area (Å²) in [7, 11) is 1.62. The van der Waals surface area contributed by atoms with Crippen LogP contribution in [0.15, 0.2) is 17.1 Å². The Morgan fingerprint density at radius 2 is 2.20 bits per heavy atom. The van der Waals surface area contributed by atoms with Crippen molar-refractivity contribution in [3.63, 3.8) is 0 Å². The molecule has 0 atom stereocenters. The van der Waals surface area contributed by atoms with Crippen molar-refractivity contribution in [3.05, 3.63) is 22.0 Å². The fourth-order valence-electron chi connectivity index (χ4n) is 2.04. The number of aromatic nitrogens is 1. The maximum Gasteiger partial charge on any atom is 0.248 e. The van der Waals surface area contributed by atoms with Crippen LogP contribution in [-0.2, 0) is 11.3 Å². The van der Waals surface area contributed by atoms with E-state index in [-0.39, 0.29) is 5.91 Å². The van der Waals surface area contributed by atoms with Crippen molar-refractivity contribution in [2.75, 3.05) is 7.11 Å². The summed E-state index contributed by atoms with van der Waals surface area (Å²) >= 11 is 7.66. The Bertz CT molecular complexity index is 703. The molecule has 0 bridgehead atoms. The third-order valence-corrected chi connectivity index (χ3v) is 4.50. The van der Waals surface area contributed by atoms with Gasteiger partial charge in [0.1, 0.15) is 11.3 Å². The molecule has 0 unspecified atom stereocenters. The molecule has 1 heterocycles. The van der Waals surface area contributed by atoms with Crippen molar-refractivity contribution in [2.45, 2.75) is 33.2 Å². The Morgan fingerprint density at radius 1 is 1.45 bits per heavy atom. The van der Waals surface area contributed by atoms with E-state index < -0.39 is 0 Å². The molecule has 2 aromatic rings. The van der Waals surface area contributed by atoms with Crippen molar-refractivity contribution in [2.24, 2.45) is 4.99 Å². The summed E-state index contributed by atoms with van der Waals surface area (Å²) < 4.78 is 8.26. The van der Waals surface area contributed by atoms with E-state index in [1.165, 1.54) is 11.3 Å². The molecule has 1 aromatic carbocycles. The maximum atomic E-state index is 11.8. The van der Waals surface area contributed by atoms with Crippen LogP contribution in [0.4, 0.5) is 0 Å². The lowest BCUT2D eigenvalue weighted by atomic mass is 10.3. The van der Waals surface area contributed by atoms with Crippen LogP contribution in [0.25, 0.3) is 10.2 Å². The van der Waals surface area contributed by atoms with Gasteiger partial charge in [-0.3, -0.25) is 4.79 Å². The molecule has 0 aliphatic rings. The second-order valence-corrected chi connectivity index (χ2v) is 5.70. The third kappa shape index (κ3) is 2.74. The van der Waals surface area contributed by atoms with Gasteiger partial charge in [0.2, 0.25) is 5.91 Å². The van der Waals surface area contributed by atoms with Gasteiger partial charge in [0.25, 0.3) is 0 Å².